The van der Waals surface area contributed by atoms with Gasteiger partial charge in [0.05, 0.1) is 11.8 Å². The smallest absolute Gasteiger partial charge is 0.355 e. The van der Waals surface area contributed by atoms with Crippen molar-refractivity contribution in [1.29, 1.82) is 0 Å². The third-order valence-electron chi connectivity index (χ3n) is 3.21. The molecule has 1 aromatic carbocycles. The van der Waals surface area contributed by atoms with Crippen molar-refractivity contribution >= 4 is 16.0 Å². The number of aliphatic imine (C=N–C) groups is 1. The first-order chi connectivity index (χ1) is 11.7. The second-order valence-corrected chi connectivity index (χ2v) is 8.09. The number of nitrogens with one attached hydrogen (secondary N) is 3. The number of hydrogen-bond acceptors (Lipinski definition) is 3. The lowest BCUT2D eigenvalue weighted by Crippen LogP contribution is -2.52. The molecule has 0 radical (unpaired) electrons. The van der Waals surface area contributed by atoms with E-state index in [1.165, 1.54) is 7.05 Å². The van der Waals surface area contributed by atoms with Crippen LogP contribution in [-0.2, 0) is 22.7 Å². The van der Waals surface area contributed by atoms with Gasteiger partial charge >= 0.3 is 6.18 Å². The Bertz CT molecular complexity index is 761. The summed E-state index contributed by atoms with van der Waals surface area (Å²) < 4.78 is 77.1. The molecule has 0 amide bonds. The molecule has 0 aliphatic heterocycles. The molecule has 0 saturated heterocycles. The third kappa shape index (κ3) is 7.56. The summed E-state index contributed by atoms with van der Waals surface area (Å²) in [5.41, 5.74) is -2.06. The number of halogens is 4. The fraction of sp³-hybridized carbons (Fsp3) is 0.533. The standard InChI is InChI=1S/C15H22F4N4O2S/c1-14(2,23-26(4,24)25)9-22-13(20-3)21-8-10-5-6-11(16)7-12(10)15(17,18)19/h5-7,23H,8-9H2,1-4H3,(H2,20,21,22). The Balaban J connectivity index is 2.77. The number of rotatable bonds is 6. The first-order valence-corrected chi connectivity index (χ1v) is 9.42. The van der Waals surface area contributed by atoms with Gasteiger partial charge in [-0.15, -0.1) is 0 Å². The van der Waals surface area contributed by atoms with E-state index in [-0.39, 0.29) is 24.6 Å². The summed E-state index contributed by atoms with van der Waals surface area (Å²) in [7, 11) is -2.01. The van der Waals surface area contributed by atoms with E-state index in [9.17, 15) is 26.0 Å². The van der Waals surface area contributed by atoms with E-state index >= 15 is 0 Å². The quantitative estimate of drug-likeness (QED) is 0.388. The van der Waals surface area contributed by atoms with Gasteiger partial charge in [-0.2, -0.15) is 13.2 Å². The Morgan fingerprint density at radius 2 is 1.81 bits per heavy atom. The monoisotopic (exact) mass is 398 g/mol. The van der Waals surface area contributed by atoms with Crippen LogP contribution in [0.2, 0.25) is 0 Å². The van der Waals surface area contributed by atoms with Gasteiger partial charge in [-0.25, -0.2) is 17.5 Å². The van der Waals surface area contributed by atoms with Gasteiger partial charge in [-0.3, -0.25) is 4.99 Å². The van der Waals surface area contributed by atoms with Gasteiger partial charge < -0.3 is 10.6 Å². The highest BCUT2D eigenvalue weighted by Gasteiger charge is 2.33. The molecule has 0 spiro atoms. The van der Waals surface area contributed by atoms with E-state index in [0.717, 1.165) is 18.4 Å². The van der Waals surface area contributed by atoms with Gasteiger partial charge in [-0.1, -0.05) is 6.07 Å². The Morgan fingerprint density at radius 3 is 2.31 bits per heavy atom. The lowest BCUT2D eigenvalue weighted by Gasteiger charge is -2.26. The lowest BCUT2D eigenvalue weighted by atomic mass is 10.1. The van der Waals surface area contributed by atoms with E-state index in [2.05, 4.69) is 20.3 Å². The molecule has 148 valence electrons. The van der Waals surface area contributed by atoms with Crippen molar-refractivity contribution in [3.8, 4) is 0 Å². The van der Waals surface area contributed by atoms with Crippen molar-refractivity contribution in [3.63, 3.8) is 0 Å². The molecular weight excluding hydrogens is 376 g/mol. The molecule has 0 aromatic heterocycles. The van der Waals surface area contributed by atoms with Crippen LogP contribution in [0.1, 0.15) is 25.0 Å². The van der Waals surface area contributed by atoms with Gasteiger partial charge in [-0.05, 0) is 31.5 Å². The van der Waals surface area contributed by atoms with Crippen molar-refractivity contribution in [2.24, 2.45) is 4.99 Å². The van der Waals surface area contributed by atoms with E-state index in [0.29, 0.717) is 6.07 Å². The Kier molecular flexibility index (Phi) is 7.00. The maximum atomic E-state index is 13.1. The molecule has 0 fully saturated rings. The molecular formula is C15H22F4N4O2S. The molecule has 11 heteroatoms. The normalized spacial score (nSPS) is 13.6. The fourth-order valence-corrected chi connectivity index (χ4v) is 3.28. The summed E-state index contributed by atoms with van der Waals surface area (Å²) >= 11 is 0. The first-order valence-electron chi connectivity index (χ1n) is 7.52. The minimum absolute atomic E-state index is 0.134. The van der Waals surface area contributed by atoms with Crippen molar-refractivity contribution in [1.82, 2.24) is 15.4 Å². The summed E-state index contributed by atoms with van der Waals surface area (Å²) in [6.45, 7) is 3.16. The minimum atomic E-state index is -4.68. The summed E-state index contributed by atoms with van der Waals surface area (Å²) in [4.78, 5) is 3.87. The van der Waals surface area contributed by atoms with Crippen LogP contribution < -0.4 is 15.4 Å². The molecule has 1 rings (SSSR count). The Hall–Kier alpha value is -1.88. The topological polar surface area (TPSA) is 82.6 Å². The predicted octanol–water partition coefficient (Wildman–Crippen LogP) is 1.84. The van der Waals surface area contributed by atoms with Crippen LogP contribution in [0.15, 0.2) is 23.2 Å². The lowest BCUT2D eigenvalue weighted by molar-refractivity contribution is -0.138. The first kappa shape index (κ1) is 22.2. The molecule has 1 aromatic rings. The predicted molar refractivity (Wildman–Crippen MR) is 91.7 cm³/mol. The van der Waals surface area contributed by atoms with Crippen LogP contribution in [0.25, 0.3) is 0 Å². The van der Waals surface area contributed by atoms with Crippen LogP contribution >= 0.6 is 0 Å². The van der Waals surface area contributed by atoms with E-state index in [1.54, 1.807) is 13.8 Å². The van der Waals surface area contributed by atoms with Gasteiger partial charge in [0.15, 0.2) is 5.96 Å². The Labute approximate surface area is 150 Å². The average molecular weight is 398 g/mol. The maximum Gasteiger partial charge on any atom is 0.416 e. The zero-order valence-corrected chi connectivity index (χ0v) is 15.6. The highest BCUT2D eigenvalue weighted by atomic mass is 32.2. The van der Waals surface area contributed by atoms with E-state index < -0.39 is 33.1 Å². The second kappa shape index (κ2) is 8.21. The van der Waals surface area contributed by atoms with Crippen LogP contribution in [0.3, 0.4) is 0 Å². The van der Waals surface area contributed by atoms with Crippen molar-refractivity contribution < 1.29 is 26.0 Å². The molecule has 26 heavy (non-hydrogen) atoms. The highest BCUT2D eigenvalue weighted by molar-refractivity contribution is 7.88. The van der Waals surface area contributed by atoms with Crippen molar-refractivity contribution in [3.05, 3.63) is 35.1 Å². The molecule has 6 nitrogen and oxygen atoms in total. The fourth-order valence-electron chi connectivity index (χ4n) is 2.21. The van der Waals surface area contributed by atoms with E-state index in [1.807, 2.05) is 0 Å². The van der Waals surface area contributed by atoms with Crippen LogP contribution in [0.5, 0.6) is 0 Å². The molecule has 0 unspecified atom stereocenters. The van der Waals surface area contributed by atoms with Crippen molar-refractivity contribution in [2.75, 3.05) is 19.8 Å². The van der Waals surface area contributed by atoms with Gasteiger partial charge in [0, 0.05) is 25.7 Å². The molecule has 3 N–H and O–H groups in total. The molecule has 0 saturated carbocycles. The Morgan fingerprint density at radius 1 is 1.19 bits per heavy atom. The molecule has 0 atom stereocenters. The maximum absolute atomic E-state index is 13.1. The number of nitrogens with zero attached hydrogens (tertiary/aromatic N) is 1. The van der Waals surface area contributed by atoms with Gasteiger partial charge in [0.2, 0.25) is 10.0 Å². The molecule has 0 bridgehead atoms. The number of benzene rings is 1. The summed E-state index contributed by atoms with van der Waals surface area (Å²) in [5, 5.41) is 5.52. The highest BCUT2D eigenvalue weighted by Crippen LogP contribution is 2.32. The van der Waals surface area contributed by atoms with Crippen LogP contribution in [0, 0.1) is 5.82 Å². The SMILES string of the molecule is CN=C(NCc1ccc(F)cc1C(F)(F)F)NCC(C)(C)NS(C)(=O)=O. The summed E-state index contributed by atoms with van der Waals surface area (Å²) in [6, 6.07) is 2.43. The van der Waals surface area contributed by atoms with Crippen LogP contribution in [0.4, 0.5) is 17.6 Å². The molecule has 0 heterocycles. The van der Waals surface area contributed by atoms with Gasteiger partial charge in [0.1, 0.15) is 5.82 Å². The molecule has 0 aliphatic carbocycles. The minimum Gasteiger partial charge on any atom is -0.355 e. The number of alkyl halides is 3. The van der Waals surface area contributed by atoms with E-state index in [4.69, 9.17) is 0 Å². The summed E-state index contributed by atoms with van der Waals surface area (Å²) in [5.74, 6) is -0.803. The van der Waals surface area contributed by atoms with Gasteiger partial charge in [0.25, 0.3) is 0 Å². The zero-order chi connectivity index (χ0) is 20.2. The van der Waals surface area contributed by atoms with Crippen molar-refractivity contribution in [2.45, 2.75) is 32.1 Å². The van der Waals surface area contributed by atoms with Crippen LogP contribution in [-0.4, -0.2) is 39.8 Å². The largest absolute Gasteiger partial charge is 0.416 e. The average Bonchev–Trinajstić information content (AvgIpc) is 2.45. The number of hydrogen-bond donors (Lipinski definition) is 3. The number of guanidine groups is 1. The second-order valence-electron chi connectivity index (χ2n) is 6.34. The molecule has 0 aliphatic rings. The third-order valence-corrected chi connectivity index (χ3v) is 4.13. The number of sulfonamides is 1. The summed E-state index contributed by atoms with van der Waals surface area (Å²) in [6.07, 6.45) is -3.66. The zero-order valence-electron chi connectivity index (χ0n) is 14.8.